The van der Waals surface area contributed by atoms with E-state index in [-0.39, 0.29) is 11.8 Å². The van der Waals surface area contributed by atoms with Gasteiger partial charge in [-0.2, -0.15) is 0 Å². The Kier molecular flexibility index (Phi) is 4.18. The number of rotatable bonds is 3. The van der Waals surface area contributed by atoms with Gasteiger partial charge in [0.1, 0.15) is 0 Å². The maximum atomic E-state index is 11.0. The normalized spacial score (nSPS) is 13.9. The Labute approximate surface area is 67.2 Å². The smallest absolute Gasteiger partial charge is 0.228 e. The fourth-order valence-electron chi connectivity index (χ4n) is 0.813. The molecule has 0 bridgehead atoms. The number of nitrogens with zero attached hydrogens (tertiary/aromatic N) is 1. The van der Waals surface area contributed by atoms with Crippen LogP contribution in [0.15, 0.2) is 17.6 Å². The van der Waals surface area contributed by atoms with E-state index in [0.29, 0.717) is 5.71 Å². The molecule has 1 amide bonds. The van der Waals surface area contributed by atoms with Gasteiger partial charge >= 0.3 is 0 Å². The van der Waals surface area contributed by atoms with Gasteiger partial charge < -0.3 is 5.32 Å². The second-order valence-electron chi connectivity index (χ2n) is 2.19. The van der Waals surface area contributed by atoms with Crippen LogP contribution in [0.2, 0.25) is 0 Å². The Bertz CT molecular complexity index is 185. The molecule has 0 rings (SSSR count). The van der Waals surface area contributed by atoms with Crippen LogP contribution < -0.4 is 5.32 Å². The van der Waals surface area contributed by atoms with E-state index in [2.05, 4.69) is 16.9 Å². The third-order valence-electron chi connectivity index (χ3n) is 1.55. The van der Waals surface area contributed by atoms with E-state index in [1.54, 1.807) is 27.1 Å². The largest absolute Gasteiger partial charge is 0.359 e. The molecule has 0 aromatic rings. The zero-order valence-electron chi connectivity index (χ0n) is 7.22. The summed E-state index contributed by atoms with van der Waals surface area (Å²) in [7, 11) is 3.26. The van der Waals surface area contributed by atoms with Crippen molar-refractivity contribution < 1.29 is 4.79 Å². The van der Waals surface area contributed by atoms with Gasteiger partial charge in [0.05, 0.1) is 5.92 Å². The van der Waals surface area contributed by atoms with E-state index in [0.717, 1.165) is 0 Å². The molecular formula is C8H14N2O. The summed E-state index contributed by atoms with van der Waals surface area (Å²) in [5.74, 6) is -0.243. The minimum Gasteiger partial charge on any atom is -0.359 e. The Balaban J connectivity index is 4.33. The van der Waals surface area contributed by atoms with Gasteiger partial charge in [0.2, 0.25) is 5.91 Å². The monoisotopic (exact) mass is 154 g/mol. The zero-order valence-corrected chi connectivity index (χ0v) is 7.22. The lowest BCUT2D eigenvalue weighted by molar-refractivity contribution is -0.122. The van der Waals surface area contributed by atoms with Gasteiger partial charge in [-0.3, -0.25) is 9.79 Å². The summed E-state index contributed by atoms with van der Waals surface area (Å²) in [4.78, 5) is 14.9. The molecule has 3 nitrogen and oxygen atoms in total. The van der Waals surface area contributed by atoms with Crippen molar-refractivity contribution in [2.24, 2.45) is 10.9 Å². The van der Waals surface area contributed by atoms with Crippen molar-refractivity contribution in [1.82, 2.24) is 5.32 Å². The Morgan fingerprint density at radius 2 is 2.27 bits per heavy atom. The summed E-state index contributed by atoms with van der Waals surface area (Å²) in [6, 6.07) is 0. The average molecular weight is 154 g/mol. The van der Waals surface area contributed by atoms with Crippen molar-refractivity contribution in [3.05, 3.63) is 12.7 Å². The molecule has 0 saturated carbocycles. The first kappa shape index (κ1) is 9.88. The van der Waals surface area contributed by atoms with Crippen LogP contribution >= 0.6 is 0 Å². The first-order valence-corrected chi connectivity index (χ1v) is 3.48. The van der Waals surface area contributed by atoms with Crippen LogP contribution in [0.4, 0.5) is 0 Å². The van der Waals surface area contributed by atoms with Gasteiger partial charge in [-0.15, -0.1) is 0 Å². The van der Waals surface area contributed by atoms with Crippen LogP contribution in [-0.4, -0.2) is 25.7 Å². The third-order valence-corrected chi connectivity index (χ3v) is 1.55. The third kappa shape index (κ3) is 2.53. The van der Waals surface area contributed by atoms with Crippen molar-refractivity contribution in [2.45, 2.75) is 6.92 Å². The highest BCUT2D eigenvalue weighted by atomic mass is 16.1. The lowest BCUT2D eigenvalue weighted by atomic mass is 10.1. The van der Waals surface area contributed by atoms with Gasteiger partial charge in [-0.25, -0.2) is 0 Å². The van der Waals surface area contributed by atoms with E-state index in [1.807, 2.05) is 0 Å². The number of allylic oxidation sites excluding steroid dienone is 1. The second-order valence-corrected chi connectivity index (χ2v) is 2.19. The molecular weight excluding hydrogens is 140 g/mol. The molecule has 0 fully saturated rings. The van der Waals surface area contributed by atoms with E-state index < -0.39 is 0 Å². The Morgan fingerprint density at radius 1 is 1.73 bits per heavy atom. The summed E-state index contributed by atoms with van der Waals surface area (Å²) in [6.45, 7) is 5.35. The molecule has 62 valence electrons. The topological polar surface area (TPSA) is 41.5 Å². The molecule has 1 unspecified atom stereocenters. The lowest BCUT2D eigenvalue weighted by Gasteiger charge is -2.08. The molecule has 1 atom stereocenters. The van der Waals surface area contributed by atoms with Crippen LogP contribution in [-0.2, 0) is 4.79 Å². The van der Waals surface area contributed by atoms with E-state index in [9.17, 15) is 4.79 Å². The number of amides is 1. The predicted molar refractivity (Wildman–Crippen MR) is 46.8 cm³/mol. The average Bonchev–Trinajstić information content (AvgIpc) is 2.05. The quantitative estimate of drug-likeness (QED) is 0.595. The summed E-state index contributed by atoms with van der Waals surface area (Å²) in [5, 5.41) is 2.55. The van der Waals surface area contributed by atoms with Crippen LogP contribution in [0.1, 0.15) is 6.92 Å². The first-order chi connectivity index (χ1) is 5.17. The predicted octanol–water partition coefficient (Wildman–Crippen LogP) is 0.625. The summed E-state index contributed by atoms with van der Waals surface area (Å²) in [6.07, 6.45) is 1.60. The Morgan fingerprint density at radius 3 is 2.55 bits per heavy atom. The molecule has 0 heterocycles. The molecule has 0 aromatic heterocycles. The number of carbonyl (C=O) groups is 1. The van der Waals surface area contributed by atoms with Crippen LogP contribution in [0.25, 0.3) is 0 Å². The summed E-state index contributed by atoms with van der Waals surface area (Å²) in [5.41, 5.74) is 0.712. The highest BCUT2D eigenvalue weighted by molar-refractivity contribution is 6.09. The van der Waals surface area contributed by atoms with Gasteiger partial charge in [0, 0.05) is 19.8 Å². The molecule has 0 radical (unpaired) electrons. The molecule has 0 spiro atoms. The lowest BCUT2D eigenvalue weighted by Crippen LogP contribution is -2.30. The van der Waals surface area contributed by atoms with Gasteiger partial charge in [-0.1, -0.05) is 6.58 Å². The van der Waals surface area contributed by atoms with Gasteiger partial charge in [0.15, 0.2) is 0 Å². The standard InChI is InChI=1S/C8H14N2O/c1-5-7(9-3)6(2)8(11)10-4/h5-6H,1H2,2-4H3,(H,10,11). The molecule has 0 aromatic carbocycles. The zero-order chi connectivity index (χ0) is 8.85. The molecule has 0 saturated heterocycles. The molecule has 0 aliphatic rings. The minimum atomic E-state index is -0.206. The summed E-state index contributed by atoms with van der Waals surface area (Å²) >= 11 is 0. The summed E-state index contributed by atoms with van der Waals surface area (Å²) < 4.78 is 0. The SMILES string of the molecule is C=CC(=NC)C(C)C(=O)NC. The fraction of sp³-hybridized carbons (Fsp3) is 0.500. The molecule has 0 aliphatic heterocycles. The van der Waals surface area contributed by atoms with Crippen molar-refractivity contribution in [2.75, 3.05) is 14.1 Å². The van der Waals surface area contributed by atoms with Crippen molar-refractivity contribution in [3.8, 4) is 0 Å². The molecule has 3 heteroatoms. The maximum absolute atomic E-state index is 11.0. The molecule has 11 heavy (non-hydrogen) atoms. The first-order valence-electron chi connectivity index (χ1n) is 3.48. The van der Waals surface area contributed by atoms with Crippen molar-refractivity contribution in [3.63, 3.8) is 0 Å². The molecule has 1 N–H and O–H groups in total. The highest BCUT2D eigenvalue weighted by Gasteiger charge is 2.13. The number of hydrogen-bond donors (Lipinski definition) is 1. The van der Waals surface area contributed by atoms with Gasteiger partial charge in [0.25, 0.3) is 0 Å². The minimum absolute atomic E-state index is 0.0366. The van der Waals surface area contributed by atoms with Crippen molar-refractivity contribution >= 4 is 11.6 Å². The fourth-order valence-corrected chi connectivity index (χ4v) is 0.813. The van der Waals surface area contributed by atoms with Gasteiger partial charge in [-0.05, 0) is 13.0 Å². The highest BCUT2D eigenvalue weighted by Crippen LogP contribution is 1.99. The number of carbonyl (C=O) groups excluding carboxylic acids is 1. The van der Waals surface area contributed by atoms with Crippen molar-refractivity contribution in [1.29, 1.82) is 0 Å². The number of nitrogens with one attached hydrogen (secondary N) is 1. The van der Waals surface area contributed by atoms with Crippen LogP contribution in [0.5, 0.6) is 0 Å². The van der Waals surface area contributed by atoms with E-state index in [1.165, 1.54) is 0 Å². The molecule has 0 aliphatic carbocycles. The maximum Gasteiger partial charge on any atom is 0.228 e. The van der Waals surface area contributed by atoms with Crippen LogP contribution in [0.3, 0.4) is 0 Å². The van der Waals surface area contributed by atoms with E-state index in [4.69, 9.17) is 0 Å². The number of hydrogen-bond acceptors (Lipinski definition) is 2. The van der Waals surface area contributed by atoms with Crippen LogP contribution in [0, 0.1) is 5.92 Å². The Hall–Kier alpha value is -1.12. The second kappa shape index (κ2) is 4.66. The number of aliphatic imine (C=N–C) groups is 1. The van der Waals surface area contributed by atoms with E-state index >= 15 is 0 Å².